The zero-order valence-electron chi connectivity index (χ0n) is 17.1. The smallest absolute Gasteiger partial charge is 0.276 e. The number of aromatic nitrogens is 4. The summed E-state index contributed by atoms with van der Waals surface area (Å²) in [4.78, 5) is 30.3. The first kappa shape index (κ1) is 20.1. The lowest BCUT2D eigenvalue weighted by atomic mass is 10.1. The van der Waals surface area contributed by atoms with Gasteiger partial charge in [0.1, 0.15) is 5.52 Å². The van der Waals surface area contributed by atoms with E-state index in [4.69, 9.17) is 16.6 Å². The fourth-order valence-corrected chi connectivity index (χ4v) is 3.91. The first-order valence-electron chi connectivity index (χ1n) is 9.91. The van der Waals surface area contributed by atoms with E-state index in [1.807, 2.05) is 34.9 Å². The number of nitrogens with one attached hydrogen (secondary N) is 1. The summed E-state index contributed by atoms with van der Waals surface area (Å²) in [5, 5.41) is 1.41. The molecule has 5 rings (SSSR count). The summed E-state index contributed by atoms with van der Waals surface area (Å²) >= 11 is 6.33. The normalized spacial score (nSPS) is 11.2. The largest absolute Gasteiger partial charge is 0.311 e. The minimum absolute atomic E-state index is 0.317. The Labute approximate surface area is 188 Å². The molecule has 0 unspecified atom stereocenters. The number of amides is 1. The molecule has 0 radical (unpaired) electrons. The van der Waals surface area contributed by atoms with Gasteiger partial charge in [-0.1, -0.05) is 29.8 Å². The van der Waals surface area contributed by atoms with Crippen LogP contribution in [-0.2, 0) is 11.4 Å². The Morgan fingerprint density at radius 2 is 1.94 bits per heavy atom. The van der Waals surface area contributed by atoms with Crippen molar-refractivity contribution in [3.63, 3.8) is 0 Å². The molecule has 0 atom stereocenters. The van der Waals surface area contributed by atoms with Gasteiger partial charge in [-0.15, -0.1) is 0 Å². The number of hydrogen-bond acceptors (Lipinski definition) is 5. The first-order valence-corrected chi connectivity index (χ1v) is 10.3. The number of rotatable bonds is 5. The lowest BCUT2D eigenvalue weighted by molar-refractivity contribution is 0.0538. The van der Waals surface area contributed by atoms with Crippen molar-refractivity contribution in [3.8, 4) is 11.3 Å². The van der Waals surface area contributed by atoms with Gasteiger partial charge < -0.3 is 4.57 Å². The summed E-state index contributed by atoms with van der Waals surface area (Å²) in [7, 11) is 1.37. The highest BCUT2D eigenvalue weighted by molar-refractivity contribution is 6.34. The van der Waals surface area contributed by atoms with Gasteiger partial charge in [0.25, 0.3) is 5.91 Å². The van der Waals surface area contributed by atoms with Crippen LogP contribution in [0.1, 0.15) is 15.9 Å². The zero-order chi connectivity index (χ0) is 22.1. The topological polar surface area (TPSA) is 81.9 Å². The van der Waals surface area contributed by atoms with Crippen LogP contribution < -0.4 is 5.48 Å². The molecule has 0 saturated carbocycles. The fourth-order valence-electron chi connectivity index (χ4n) is 3.64. The summed E-state index contributed by atoms with van der Waals surface area (Å²) in [6, 6.07) is 19.2. The summed E-state index contributed by atoms with van der Waals surface area (Å²) < 4.78 is 2.01. The molecule has 0 spiro atoms. The van der Waals surface area contributed by atoms with Crippen LogP contribution in [-0.4, -0.2) is 32.5 Å². The molecule has 0 aliphatic heterocycles. The maximum atomic E-state index is 12.0. The Morgan fingerprint density at radius 3 is 2.78 bits per heavy atom. The van der Waals surface area contributed by atoms with E-state index in [0.717, 1.165) is 38.9 Å². The number of pyridine rings is 2. The monoisotopic (exact) mass is 443 g/mol. The van der Waals surface area contributed by atoms with Crippen LogP contribution in [0.25, 0.3) is 33.3 Å². The summed E-state index contributed by atoms with van der Waals surface area (Å²) in [6.45, 7) is 0.634. The fraction of sp³-hybridized carbons (Fsp3) is 0.0833. The van der Waals surface area contributed by atoms with Gasteiger partial charge in [0, 0.05) is 17.1 Å². The Morgan fingerprint density at radius 1 is 1.06 bits per heavy atom. The van der Waals surface area contributed by atoms with Crippen LogP contribution in [0.5, 0.6) is 0 Å². The second kappa shape index (κ2) is 8.37. The number of imidazole rings is 1. The molecule has 0 aliphatic carbocycles. The van der Waals surface area contributed by atoms with E-state index in [1.54, 1.807) is 24.7 Å². The molecule has 0 saturated heterocycles. The van der Waals surface area contributed by atoms with Crippen molar-refractivity contribution in [2.24, 2.45) is 0 Å². The standard InChI is InChI=1S/C24H18ClN5O2/c1-32-29-24(31)18-6-5-17(12-19(18)25)21-8-9-22-23(28-21)30(14-27-22)13-15-4-7-20-16(11-15)3-2-10-26-20/h2-12,14H,13H2,1H3,(H,29,31). The Hall–Kier alpha value is -3.81. The summed E-state index contributed by atoms with van der Waals surface area (Å²) in [5.41, 5.74) is 7.81. The van der Waals surface area contributed by atoms with E-state index in [1.165, 1.54) is 7.11 Å². The minimum Gasteiger partial charge on any atom is -0.311 e. The van der Waals surface area contributed by atoms with Crippen molar-refractivity contribution < 1.29 is 9.63 Å². The van der Waals surface area contributed by atoms with E-state index in [-0.39, 0.29) is 0 Å². The lowest BCUT2D eigenvalue weighted by Crippen LogP contribution is -2.22. The maximum Gasteiger partial charge on any atom is 0.276 e. The van der Waals surface area contributed by atoms with Gasteiger partial charge in [-0.25, -0.2) is 15.4 Å². The van der Waals surface area contributed by atoms with Crippen molar-refractivity contribution in [1.82, 2.24) is 25.0 Å². The quantitative estimate of drug-likeness (QED) is 0.400. The van der Waals surface area contributed by atoms with Crippen LogP contribution >= 0.6 is 11.6 Å². The number of halogens is 1. The molecule has 8 heteroatoms. The molecular formula is C24H18ClN5O2. The number of carbonyl (C=O) groups excluding carboxylic acids is 1. The molecule has 1 N–H and O–H groups in total. The molecule has 2 aromatic carbocycles. The third-order valence-electron chi connectivity index (χ3n) is 5.19. The first-order chi connectivity index (χ1) is 15.6. The van der Waals surface area contributed by atoms with Crippen molar-refractivity contribution >= 4 is 39.6 Å². The second-order valence-electron chi connectivity index (χ2n) is 7.27. The van der Waals surface area contributed by atoms with Gasteiger partial charge >= 0.3 is 0 Å². The van der Waals surface area contributed by atoms with E-state index >= 15 is 0 Å². The highest BCUT2D eigenvalue weighted by Crippen LogP contribution is 2.26. The van der Waals surface area contributed by atoms with Crippen LogP contribution in [0, 0.1) is 0 Å². The van der Waals surface area contributed by atoms with E-state index in [2.05, 4.69) is 38.5 Å². The molecule has 1 amide bonds. The zero-order valence-corrected chi connectivity index (χ0v) is 17.9. The van der Waals surface area contributed by atoms with Gasteiger partial charge in [0.05, 0.1) is 41.8 Å². The minimum atomic E-state index is -0.406. The molecule has 0 bridgehead atoms. The molecule has 5 aromatic rings. The van der Waals surface area contributed by atoms with Gasteiger partial charge in [0.15, 0.2) is 5.65 Å². The molecule has 0 aliphatic rings. The van der Waals surface area contributed by atoms with E-state index in [0.29, 0.717) is 17.1 Å². The van der Waals surface area contributed by atoms with Gasteiger partial charge in [-0.2, -0.15) is 0 Å². The highest BCUT2D eigenvalue weighted by atomic mass is 35.5. The molecule has 158 valence electrons. The number of nitrogens with zero attached hydrogens (tertiary/aromatic N) is 4. The number of benzene rings is 2. The maximum absolute atomic E-state index is 12.0. The molecule has 0 fully saturated rings. The highest BCUT2D eigenvalue weighted by Gasteiger charge is 2.13. The van der Waals surface area contributed by atoms with E-state index in [9.17, 15) is 4.79 Å². The predicted molar refractivity (Wildman–Crippen MR) is 123 cm³/mol. The second-order valence-corrected chi connectivity index (χ2v) is 7.68. The van der Waals surface area contributed by atoms with Crippen molar-refractivity contribution in [3.05, 3.63) is 89.3 Å². The van der Waals surface area contributed by atoms with Crippen molar-refractivity contribution in [2.75, 3.05) is 7.11 Å². The number of hydroxylamine groups is 1. The number of hydrogen-bond donors (Lipinski definition) is 1. The van der Waals surface area contributed by atoms with Gasteiger partial charge in [0.2, 0.25) is 0 Å². The third-order valence-corrected chi connectivity index (χ3v) is 5.50. The molecule has 7 nitrogen and oxygen atoms in total. The van der Waals surface area contributed by atoms with Gasteiger partial charge in [-0.05, 0) is 48.0 Å². The van der Waals surface area contributed by atoms with Crippen molar-refractivity contribution in [1.29, 1.82) is 0 Å². The average Bonchev–Trinajstić information content (AvgIpc) is 3.21. The SMILES string of the molecule is CONC(=O)c1ccc(-c2ccc3ncn(Cc4ccc5ncccc5c4)c3n2)cc1Cl. The van der Waals surface area contributed by atoms with Crippen molar-refractivity contribution in [2.45, 2.75) is 6.54 Å². The summed E-state index contributed by atoms with van der Waals surface area (Å²) in [5.74, 6) is -0.406. The Balaban J connectivity index is 1.48. The van der Waals surface area contributed by atoms with Crippen LogP contribution in [0.3, 0.4) is 0 Å². The van der Waals surface area contributed by atoms with Crippen LogP contribution in [0.15, 0.2) is 73.2 Å². The molecule has 32 heavy (non-hydrogen) atoms. The average molecular weight is 444 g/mol. The van der Waals surface area contributed by atoms with E-state index < -0.39 is 5.91 Å². The lowest BCUT2D eigenvalue weighted by Gasteiger charge is -2.08. The molecule has 3 aromatic heterocycles. The molecular weight excluding hydrogens is 426 g/mol. The Bertz CT molecular complexity index is 1460. The summed E-state index contributed by atoms with van der Waals surface area (Å²) in [6.07, 6.45) is 3.58. The van der Waals surface area contributed by atoms with Crippen LogP contribution in [0.4, 0.5) is 0 Å². The predicted octanol–water partition coefficient (Wildman–Crippen LogP) is 4.64. The van der Waals surface area contributed by atoms with Crippen LogP contribution in [0.2, 0.25) is 5.02 Å². The third kappa shape index (κ3) is 3.79. The Kier molecular flexibility index (Phi) is 5.26. The van der Waals surface area contributed by atoms with Gasteiger partial charge in [-0.3, -0.25) is 14.6 Å². The number of carbonyl (C=O) groups is 1. The number of fused-ring (bicyclic) bond motifs is 2. The molecule has 3 heterocycles.